The van der Waals surface area contributed by atoms with Crippen molar-refractivity contribution in [3.8, 4) is 0 Å². The fourth-order valence-electron chi connectivity index (χ4n) is 1.83. The smallest absolute Gasteiger partial charge is 0.220 e. The van der Waals surface area contributed by atoms with Crippen LogP contribution in [0.5, 0.6) is 0 Å². The Hall–Kier alpha value is -0.610. The molecular formula is C12H24N2O2. The summed E-state index contributed by atoms with van der Waals surface area (Å²) < 4.78 is 5.29. The third-order valence-corrected chi connectivity index (χ3v) is 3.17. The van der Waals surface area contributed by atoms with Crippen LogP contribution in [0.1, 0.15) is 32.6 Å². The van der Waals surface area contributed by atoms with Crippen LogP contribution in [0.15, 0.2) is 0 Å². The Labute approximate surface area is 97.9 Å². The van der Waals surface area contributed by atoms with Crippen LogP contribution in [0.3, 0.4) is 0 Å². The van der Waals surface area contributed by atoms with Gasteiger partial charge in [-0.1, -0.05) is 6.92 Å². The number of amides is 1. The first-order valence-corrected chi connectivity index (χ1v) is 6.27. The lowest BCUT2D eigenvalue weighted by Crippen LogP contribution is -2.31. The number of hydrogen-bond donors (Lipinski definition) is 2. The molecule has 1 amide bonds. The second-order valence-corrected chi connectivity index (χ2v) is 4.74. The Bertz CT molecular complexity index is 203. The van der Waals surface area contributed by atoms with Crippen LogP contribution in [0.2, 0.25) is 0 Å². The molecule has 4 nitrogen and oxygen atoms in total. The molecule has 94 valence electrons. The molecule has 4 heteroatoms. The van der Waals surface area contributed by atoms with Crippen molar-refractivity contribution in [2.75, 3.05) is 26.3 Å². The number of carbonyl (C=O) groups excluding carboxylic acids is 1. The second-order valence-electron chi connectivity index (χ2n) is 4.74. The standard InChI is InChI=1S/C12H24N2O2/c1-10(8-13)9-14-12(15)3-2-11-4-6-16-7-5-11/h10-11H,2-9,13H2,1H3,(H,14,15). The van der Waals surface area contributed by atoms with Gasteiger partial charge < -0.3 is 15.8 Å². The van der Waals surface area contributed by atoms with E-state index in [1.54, 1.807) is 0 Å². The molecule has 1 heterocycles. The quantitative estimate of drug-likeness (QED) is 0.710. The van der Waals surface area contributed by atoms with Crippen LogP contribution < -0.4 is 11.1 Å². The third-order valence-electron chi connectivity index (χ3n) is 3.17. The van der Waals surface area contributed by atoms with E-state index >= 15 is 0 Å². The van der Waals surface area contributed by atoms with Crippen molar-refractivity contribution in [2.24, 2.45) is 17.6 Å². The fourth-order valence-corrected chi connectivity index (χ4v) is 1.83. The lowest BCUT2D eigenvalue weighted by molar-refractivity contribution is -0.121. The normalized spacial score (nSPS) is 19.4. The monoisotopic (exact) mass is 228 g/mol. The van der Waals surface area contributed by atoms with E-state index in [4.69, 9.17) is 10.5 Å². The van der Waals surface area contributed by atoms with E-state index in [2.05, 4.69) is 5.32 Å². The summed E-state index contributed by atoms with van der Waals surface area (Å²) in [6.45, 7) is 5.08. The summed E-state index contributed by atoms with van der Waals surface area (Å²) >= 11 is 0. The molecule has 0 radical (unpaired) electrons. The molecule has 0 spiro atoms. The average molecular weight is 228 g/mol. The van der Waals surface area contributed by atoms with E-state index in [1.807, 2.05) is 6.92 Å². The van der Waals surface area contributed by atoms with Gasteiger partial charge in [0.1, 0.15) is 0 Å². The van der Waals surface area contributed by atoms with Gasteiger partial charge in [-0.25, -0.2) is 0 Å². The Morgan fingerprint density at radius 1 is 1.50 bits per heavy atom. The topological polar surface area (TPSA) is 64.3 Å². The minimum Gasteiger partial charge on any atom is -0.381 e. The molecule has 0 saturated carbocycles. The zero-order valence-corrected chi connectivity index (χ0v) is 10.2. The van der Waals surface area contributed by atoms with Crippen LogP contribution in [-0.2, 0) is 9.53 Å². The summed E-state index contributed by atoms with van der Waals surface area (Å²) in [7, 11) is 0. The summed E-state index contributed by atoms with van der Waals surface area (Å²) in [6.07, 6.45) is 3.84. The zero-order chi connectivity index (χ0) is 11.8. The van der Waals surface area contributed by atoms with Crippen molar-refractivity contribution in [3.05, 3.63) is 0 Å². The predicted octanol–water partition coefficient (Wildman–Crippen LogP) is 0.904. The Morgan fingerprint density at radius 2 is 2.19 bits per heavy atom. The fraction of sp³-hybridized carbons (Fsp3) is 0.917. The van der Waals surface area contributed by atoms with Gasteiger partial charge in [-0.05, 0) is 37.6 Å². The van der Waals surface area contributed by atoms with Gasteiger partial charge in [0.15, 0.2) is 0 Å². The molecule has 1 atom stereocenters. The molecule has 1 fully saturated rings. The highest BCUT2D eigenvalue weighted by molar-refractivity contribution is 5.75. The zero-order valence-electron chi connectivity index (χ0n) is 10.2. The molecule has 1 aliphatic heterocycles. The Kier molecular flexibility index (Phi) is 6.42. The number of carbonyl (C=O) groups is 1. The third kappa shape index (κ3) is 5.47. The molecule has 0 aliphatic carbocycles. The van der Waals surface area contributed by atoms with E-state index in [0.29, 0.717) is 31.3 Å². The van der Waals surface area contributed by atoms with E-state index in [9.17, 15) is 4.79 Å². The van der Waals surface area contributed by atoms with E-state index < -0.39 is 0 Å². The number of hydrogen-bond acceptors (Lipinski definition) is 3. The summed E-state index contributed by atoms with van der Waals surface area (Å²) in [5.74, 6) is 1.20. The molecule has 0 aromatic heterocycles. The highest BCUT2D eigenvalue weighted by atomic mass is 16.5. The van der Waals surface area contributed by atoms with Crippen LogP contribution in [-0.4, -0.2) is 32.2 Å². The van der Waals surface area contributed by atoms with Gasteiger partial charge in [-0.2, -0.15) is 0 Å². The van der Waals surface area contributed by atoms with Gasteiger partial charge in [-0.15, -0.1) is 0 Å². The van der Waals surface area contributed by atoms with Crippen LogP contribution in [0.25, 0.3) is 0 Å². The van der Waals surface area contributed by atoms with Gasteiger partial charge in [-0.3, -0.25) is 4.79 Å². The van der Waals surface area contributed by atoms with Gasteiger partial charge >= 0.3 is 0 Å². The molecule has 1 saturated heterocycles. The Balaban J connectivity index is 2.05. The maximum atomic E-state index is 11.5. The lowest BCUT2D eigenvalue weighted by atomic mass is 9.95. The lowest BCUT2D eigenvalue weighted by Gasteiger charge is -2.21. The first kappa shape index (κ1) is 13.5. The predicted molar refractivity (Wildman–Crippen MR) is 64.0 cm³/mol. The number of ether oxygens (including phenoxy) is 1. The molecule has 1 unspecified atom stereocenters. The highest BCUT2D eigenvalue weighted by Gasteiger charge is 2.15. The molecule has 0 aromatic rings. The molecular weight excluding hydrogens is 204 g/mol. The van der Waals surface area contributed by atoms with Crippen molar-refractivity contribution in [1.82, 2.24) is 5.32 Å². The van der Waals surface area contributed by atoms with Gasteiger partial charge in [0.2, 0.25) is 5.91 Å². The molecule has 0 aromatic carbocycles. The van der Waals surface area contributed by atoms with Crippen molar-refractivity contribution >= 4 is 5.91 Å². The highest BCUT2D eigenvalue weighted by Crippen LogP contribution is 2.19. The summed E-state index contributed by atoms with van der Waals surface area (Å²) in [4.78, 5) is 11.5. The minimum absolute atomic E-state index is 0.159. The summed E-state index contributed by atoms with van der Waals surface area (Å²) in [6, 6.07) is 0. The molecule has 1 aliphatic rings. The SMILES string of the molecule is CC(CN)CNC(=O)CCC1CCOCC1. The number of nitrogens with one attached hydrogen (secondary N) is 1. The summed E-state index contributed by atoms with van der Waals surface area (Å²) in [5.41, 5.74) is 5.48. The van der Waals surface area contributed by atoms with E-state index in [-0.39, 0.29) is 5.91 Å². The number of nitrogens with two attached hydrogens (primary N) is 1. The largest absolute Gasteiger partial charge is 0.381 e. The molecule has 0 bridgehead atoms. The molecule has 3 N–H and O–H groups in total. The Morgan fingerprint density at radius 3 is 2.81 bits per heavy atom. The average Bonchev–Trinajstić information content (AvgIpc) is 2.34. The number of rotatable bonds is 6. The minimum atomic E-state index is 0.159. The first-order valence-electron chi connectivity index (χ1n) is 6.27. The van der Waals surface area contributed by atoms with Crippen LogP contribution in [0, 0.1) is 11.8 Å². The van der Waals surface area contributed by atoms with E-state index in [1.165, 1.54) is 0 Å². The van der Waals surface area contributed by atoms with Crippen molar-refractivity contribution in [2.45, 2.75) is 32.6 Å². The van der Waals surface area contributed by atoms with Crippen molar-refractivity contribution in [3.63, 3.8) is 0 Å². The maximum absolute atomic E-state index is 11.5. The van der Waals surface area contributed by atoms with Crippen molar-refractivity contribution < 1.29 is 9.53 Å². The second kappa shape index (κ2) is 7.63. The first-order chi connectivity index (χ1) is 7.72. The van der Waals surface area contributed by atoms with Crippen molar-refractivity contribution in [1.29, 1.82) is 0 Å². The van der Waals surface area contributed by atoms with Crippen LogP contribution in [0.4, 0.5) is 0 Å². The molecule has 1 rings (SSSR count). The maximum Gasteiger partial charge on any atom is 0.220 e. The van der Waals surface area contributed by atoms with Crippen LogP contribution >= 0.6 is 0 Å². The van der Waals surface area contributed by atoms with Gasteiger partial charge in [0, 0.05) is 26.2 Å². The summed E-state index contributed by atoms with van der Waals surface area (Å²) in [5, 5.41) is 2.92. The van der Waals surface area contributed by atoms with E-state index in [0.717, 1.165) is 32.5 Å². The molecule has 16 heavy (non-hydrogen) atoms. The van der Waals surface area contributed by atoms with Gasteiger partial charge in [0.25, 0.3) is 0 Å². The van der Waals surface area contributed by atoms with Gasteiger partial charge in [0.05, 0.1) is 0 Å².